The first-order valence-corrected chi connectivity index (χ1v) is 8.25. The average Bonchev–Trinajstić information content (AvgIpc) is 2.54. The molecular formula is C18H22O2S. The van der Waals surface area contributed by atoms with Crippen LogP contribution in [0.5, 0.6) is 5.75 Å². The van der Waals surface area contributed by atoms with Gasteiger partial charge in [-0.1, -0.05) is 31.2 Å². The van der Waals surface area contributed by atoms with Crippen LogP contribution < -0.4 is 4.74 Å². The number of ether oxygens (including phenoxy) is 1. The number of thioether (sulfide) groups is 1. The van der Waals surface area contributed by atoms with Crippen molar-refractivity contribution in [2.75, 3.05) is 12.9 Å². The van der Waals surface area contributed by atoms with Crippen molar-refractivity contribution in [1.82, 2.24) is 0 Å². The molecule has 2 aromatic carbocycles. The monoisotopic (exact) mass is 302 g/mol. The van der Waals surface area contributed by atoms with Crippen molar-refractivity contribution in [3.8, 4) is 5.75 Å². The Kier molecular flexibility index (Phi) is 6.15. The first-order chi connectivity index (χ1) is 10.2. The molecule has 0 aliphatic rings. The predicted octanol–water partition coefficient (Wildman–Crippen LogP) is 4.47. The fourth-order valence-electron chi connectivity index (χ4n) is 2.22. The summed E-state index contributed by atoms with van der Waals surface area (Å²) in [6.07, 6.45) is 1.18. The van der Waals surface area contributed by atoms with E-state index in [0.29, 0.717) is 0 Å². The van der Waals surface area contributed by atoms with Gasteiger partial charge in [-0.2, -0.15) is 0 Å². The van der Waals surface area contributed by atoms with Gasteiger partial charge in [-0.15, -0.1) is 11.8 Å². The topological polar surface area (TPSA) is 29.5 Å². The molecule has 0 aliphatic carbocycles. The zero-order valence-corrected chi connectivity index (χ0v) is 13.4. The minimum absolute atomic E-state index is 0.409. The second-order valence-electron chi connectivity index (χ2n) is 4.90. The van der Waals surface area contributed by atoms with Gasteiger partial charge in [0.25, 0.3) is 0 Å². The van der Waals surface area contributed by atoms with E-state index in [2.05, 4.69) is 19.1 Å². The molecular weight excluding hydrogens is 280 g/mol. The molecule has 1 unspecified atom stereocenters. The van der Waals surface area contributed by atoms with Crippen molar-refractivity contribution in [3.63, 3.8) is 0 Å². The highest BCUT2D eigenvalue weighted by Crippen LogP contribution is 2.24. The third-order valence-corrected chi connectivity index (χ3v) is 4.34. The Hall–Kier alpha value is -1.45. The molecule has 0 fully saturated rings. The van der Waals surface area contributed by atoms with Gasteiger partial charge in [-0.3, -0.25) is 0 Å². The quantitative estimate of drug-likeness (QED) is 0.765. The Labute approximate surface area is 131 Å². The Balaban J connectivity index is 1.89. The van der Waals surface area contributed by atoms with E-state index in [4.69, 9.17) is 4.74 Å². The maximum atomic E-state index is 10.3. The number of aliphatic hydroxyl groups excluding tert-OH is 1. The fourth-order valence-corrected chi connectivity index (χ4v) is 2.88. The summed E-state index contributed by atoms with van der Waals surface area (Å²) in [6.45, 7) is 2.14. The van der Waals surface area contributed by atoms with Crippen molar-refractivity contribution in [2.24, 2.45) is 0 Å². The Morgan fingerprint density at radius 2 is 1.71 bits per heavy atom. The molecule has 112 valence electrons. The highest BCUT2D eigenvalue weighted by atomic mass is 32.2. The van der Waals surface area contributed by atoms with Crippen molar-refractivity contribution in [2.45, 2.75) is 30.8 Å². The molecule has 0 aliphatic heterocycles. The average molecular weight is 302 g/mol. The normalized spacial score (nSPS) is 12.1. The van der Waals surface area contributed by atoms with E-state index in [1.807, 2.05) is 48.2 Å². The van der Waals surface area contributed by atoms with Crippen LogP contribution in [0.4, 0.5) is 0 Å². The van der Waals surface area contributed by atoms with Gasteiger partial charge < -0.3 is 9.84 Å². The second kappa shape index (κ2) is 8.11. The van der Waals surface area contributed by atoms with E-state index in [1.54, 1.807) is 7.11 Å². The van der Waals surface area contributed by atoms with Crippen LogP contribution in [0.15, 0.2) is 53.4 Å². The Morgan fingerprint density at radius 1 is 1.05 bits per heavy atom. The largest absolute Gasteiger partial charge is 0.497 e. The van der Waals surface area contributed by atoms with E-state index >= 15 is 0 Å². The van der Waals surface area contributed by atoms with Crippen LogP contribution in [0, 0.1) is 0 Å². The zero-order chi connectivity index (χ0) is 15.1. The molecule has 0 saturated carbocycles. The lowest BCUT2D eigenvalue weighted by atomic mass is 10.0. The molecule has 0 amide bonds. The number of aliphatic hydroxyl groups is 1. The van der Waals surface area contributed by atoms with Gasteiger partial charge in [-0.25, -0.2) is 0 Å². The SMILES string of the molecule is CCSc1ccc(C(O)CCc2ccc(OC)cc2)cc1. The van der Waals surface area contributed by atoms with E-state index in [0.717, 1.165) is 29.9 Å². The van der Waals surface area contributed by atoms with Gasteiger partial charge >= 0.3 is 0 Å². The van der Waals surface area contributed by atoms with E-state index in [-0.39, 0.29) is 0 Å². The van der Waals surface area contributed by atoms with Crippen molar-refractivity contribution >= 4 is 11.8 Å². The molecule has 0 heterocycles. The van der Waals surface area contributed by atoms with Gasteiger partial charge in [0.2, 0.25) is 0 Å². The molecule has 0 aromatic heterocycles. The van der Waals surface area contributed by atoms with Gasteiger partial charge in [0.1, 0.15) is 5.75 Å². The lowest BCUT2D eigenvalue weighted by molar-refractivity contribution is 0.168. The third kappa shape index (κ3) is 4.80. The van der Waals surface area contributed by atoms with Crippen LogP contribution in [0.3, 0.4) is 0 Å². The molecule has 1 atom stereocenters. The summed E-state index contributed by atoms with van der Waals surface area (Å²) in [5.74, 6) is 1.93. The number of methoxy groups -OCH3 is 1. The van der Waals surface area contributed by atoms with E-state index in [9.17, 15) is 5.11 Å². The van der Waals surface area contributed by atoms with Crippen molar-refractivity contribution in [3.05, 3.63) is 59.7 Å². The zero-order valence-electron chi connectivity index (χ0n) is 12.6. The van der Waals surface area contributed by atoms with Gasteiger partial charge in [0.15, 0.2) is 0 Å². The maximum Gasteiger partial charge on any atom is 0.118 e. The first-order valence-electron chi connectivity index (χ1n) is 7.26. The summed E-state index contributed by atoms with van der Waals surface area (Å²) in [5, 5.41) is 10.3. The molecule has 0 bridgehead atoms. The van der Waals surface area contributed by atoms with Gasteiger partial charge in [0.05, 0.1) is 13.2 Å². The Morgan fingerprint density at radius 3 is 2.29 bits per heavy atom. The van der Waals surface area contributed by atoms with Crippen LogP contribution in [0.1, 0.15) is 30.6 Å². The number of hydrogen-bond acceptors (Lipinski definition) is 3. The number of benzene rings is 2. The molecule has 0 spiro atoms. The molecule has 2 aromatic rings. The summed E-state index contributed by atoms with van der Waals surface area (Å²) >= 11 is 1.82. The minimum atomic E-state index is -0.409. The van der Waals surface area contributed by atoms with E-state index < -0.39 is 6.10 Å². The minimum Gasteiger partial charge on any atom is -0.497 e. The summed E-state index contributed by atoms with van der Waals surface area (Å²) in [6, 6.07) is 16.2. The molecule has 0 saturated heterocycles. The molecule has 2 rings (SSSR count). The van der Waals surface area contributed by atoms with Crippen LogP contribution in [-0.4, -0.2) is 18.0 Å². The maximum absolute atomic E-state index is 10.3. The van der Waals surface area contributed by atoms with Crippen molar-refractivity contribution < 1.29 is 9.84 Å². The van der Waals surface area contributed by atoms with Gasteiger partial charge in [0, 0.05) is 4.90 Å². The highest BCUT2D eigenvalue weighted by molar-refractivity contribution is 7.99. The van der Waals surface area contributed by atoms with Crippen LogP contribution in [-0.2, 0) is 6.42 Å². The number of aryl methyl sites for hydroxylation is 1. The number of hydrogen-bond donors (Lipinski definition) is 1. The van der Waals surface area contributed by atoms with Crippen LogP contribution >= 0.6 is 11.8 Å². The second-order valence-corrected chi connectivity index (χ2v) is 6.24. The van der Waals surface area contributed by atoms with Crippen LogP contribution in [0.2, 0.25) is 0 Å². The molecule has 3 heteroatoms. The smallest absolute Gasteiger partial charge is 0.118 e. The van der Waals surface area contributed by atoms with Crippen LogP contribution in [0.25, 0.3) is 0 Å². The summed E-state index contributed by atoms with van der Waals surface area (Å²) < 4.78 is 5.14. The fraction of sp³-hybridized carbons (Fsp3) is 0.333. The highest BCUT2D eigenvalue weighted by Gasteiger charge is 2.08. The number of rotatable bonds is 7. The molecule has 0 radical (unpaired) electrons. The molecule has 1 N–H and O–H groups in total. The summed E-state index contributed by atoms with van der Waals surface area (Å²) in [4.78, 5) is 1.25. The third-order valence-electron chi connectivity index (χ3n) is 3.44. The van der Waals surface area contributed by atoms with E-state index in [1.165, 1.54) is 10.5 Å². The summed E-state index contributed by atoms with van der Waals surface area (Å²) in [5.41, 5.74) is 2.21. The predicted molar refractivity (Wildman–Crippen MR) is 89.1 cm³/mol. The van der Waals surface area contributed by atoms with Gasteiger partial charge in [-0.05, 0) is 54.0 Å². The standard InChI is InChI=1S/C18H22O2S/c1-3-21-17-11-7-15(8-12-17)18(19)13-6-14-4-9-16(20-2)10-5-14/h4-5,7-12,18-19H,3,6,13H2,1-2H3. The molecule has 21 heavy (non-hydrogen) atoms. The first kappa shape index (κ1) is 15.9. The van der Waals surface area contributed by atoms with Crippen molar-refractivity contribution in [1.29, 1.82) is 0 Å². The summed E-state index contributed by atoms with van der Waals surface area (Å²) in [7, 11) is 1.67. The lowest BCUT2D eigenvalue weighted by Gasteiger charge is -2.12. The Bertz CT molecular complexity index is 534. The molecule has 2 nitrogen and oxygen atoms in total. The lowest BCUT2D eigenvalue weighted by Crippen LogP contribution is -1.99.